The molecule has 1 aromatic heterocycles. The maximum atomic E-state index is 5.87. The van der Waals surface area contributed by atoms with Crippen LogP contribution in [-0.2, 0) is 6.42 Å². The molecule has 5 nitrogen and oxygen atoms in total. The van der Waals surface area contributed by atoms with Gasteiger partial charge in [0.1, 0.15) is 0 Å². The SMILES string of the molecule is CCCCCCN=C(N)NCCc1csc(N2CCCC2)n1. The predicted octanol–water partition coefficient (Wildman–Crippen LogP) is 2.77. The molecule has 0 aromatic carbocycles. The maximum absolute atomic E-state index is 5.87. The Hall–Kier alpha value is -1.30. The summed E-state index contributed by atoms with van der Waals surface area (Å²) in [4.78, 5) is 11.4. The second-order valence-corrected chi connectivity index (χ2v) is 6.66. The molecule has 2 rings (SSSR count). The molecule has 1 aromatic rings. The minimum Gasteiger partial charge on any atom is -0.370 e. The van der Waals surface area contributed by atoms with Gasteiger partial charge in [0.25, 0.3) is 0 Å². The van der Waals surface area contributed by atoms with Gasteiger partial charge in [0, 0.05) is 38.0 Å². The largest absolute Gasteiger partial charge is 0.370 e. The van der Waals surface area contributed by atoms with Crippen molar-refractivity contribution in [3.8, 4) is 0 Å². The third-order valence-electron chi connectivity index (χ3n) is 3.90. The van der Waals surface area contributed by atoms with E-state index in [-0.39, 0.29) is 0 Å². The van der Waals surface area contributed by atoms with Crippen LogP contribution >= 0.6 is 11.3 Å². The molecule has 0 saturated carbocycles. The number of anilines is 1. The van der Waals surface area contributed by atoms with E-state index < -0.39 is 0 Å². The lowest BCUT2D eigenvalue weighted by Gasteiger charge is -2.12. The van der Waals surface area contributed by atoms with Gasteiger partial charge >= 0.3 is 0 Å². The number of rotatable bonds is 9. The number of guanidine groups is 1. The van der Waals surface area contributed by atoms with Gasteiger partial charge < -0.3 is 16.0 Å². The number of unbranched alkanes of at least 4 members (excludes halogenated alkanes) is 3. The molecule has 22 heavy (non-hydrogen) atoms. The third kappa shape index (κ3) is 5.83. The van der Waals surface area contributed by atoms with E-state index in [9.17, 15) is 0 Å². The van der Waals surface area contributed by atoms with Crippen LogP contribution in [0.2, 0.25) is 0 Å². The molecule has 6 heteroatoms. The van der Waals surface area contributed by atoms with Crippen LogP contribution in [0.1, 0.15) is 51.1 Å². The summed E-state index contributed by atoms with van der Waals surface area (Å²) in [5.74, 6) is 0.562. The van der Waals surface area contributed by atoms with Crippen molar-refractivity contribution >= 4 is 22.4 Å². The van der Waals surface area contributed by atoms with Gasteiger partial charge in [-0.1, -0.05) is 26.2 Å². The van der Waals surface area contributed by atoms with E-state index in [1.54, 1.807) is 11.3 Å². The Morgan fingerprint density at radius 2 is 2.18 bits per heavy atom. The Labute approximate surface area is 138 Å². The molecule has 0 bridgehead atoms. The number of aromatic nitrogens is 1. The van der Waals surface area contributed by atoms with E-state index in [1.165, 1.54) is 37.2 Å². The summed E-state index contributed by atoms with van der Waals surface area (Å²) >= 11 is 1.75. The van der Waals surface area contributed by atoms with Crippen molar-refractivity contribution in [3.63, 3.8) is 0 Å². The van der Waals surface area contributed by atoms with Gasteiger partial charge in [-0.15, -0.1) is 11.3 Å². The maximum Gasteiger partial charge on any atom is 0.188 e. The molecule has 0 unspecified atom stereocenters. The van der Waals surface area contributed by atoms with Crippen LogP contribution in [0.15, 0.2) is 10.4 Å². The lowest BCUT2D eigenvalue weighted by Crippen LogP contribution is -2.33. The van der Waals surface area contributed by atoms with Crippen molar-refractivity contribution < 1.29 is 0 Å². The summed E-state index contributed by atoms with van der Waals surface area (Å²) in [5, 5.41) is 6.51. The number of thiazole rings is 1. The smallest absolute Gasteiger partial charge is 0.188 e. The molecule has 1 saturated heterocycles. The first kappa shape index (κ1) is 17.1. The van der Waals surface area contributed by atoms with Gasteiger partial charge in [0.2, 0.25) is 0 Å². The van der Waals surface area contributed by atoms with Crippen LogP contribution in [0, 0.1) is 0 Å². The number of hydrogen-bond acceptors (Lipinski definition) is 4. The molecule has 0 amide bonds. The standard InChI is InChI=1S/C16H29N5S/c1-2-3-4-5-9-18-15(17)19-10-8-14-13-22-16(20-14)21-11-6-7-12-21/h13H,2-12H2,1H3,(H3,17,18,19). The molecule has 1 aliphatic heterocycles. The molecule has 124 valence electrons. The molecule has 0 spiro atoms. The zero-order chi connectivity index (χ0) is 15.6. The summed E-state index contributed by atoms with van der Waals surface area (Å²) in [6.07, 6.45) is 8.39. The first-order valence-corrected chi connectivity index (χ1v) is 9.40. The van der Waals surface area contributed by atoms with Crippen molar-refractivity contribution in [1.82, 2.24) is 10.3 Å². The summed E-state index contributed by atoms with van der Waals surface area (Å²) in [5.41, 5.74) is 7.02. The van der Waals surface area contributed by atoms with Gasteiger partial charge in [-0.25, -0.2) is 4.98 Å². The molecule has 3 N–H and O–H groups in total. The molecule has 0 atom stereocenters. The minimum atomic E-state index is 0.562. The van der Waals surface area contributed by atoms with Gasteiger partial charge in [-0.2, -0.15) is 0 Å². The van der Waals surface area contributed by atoms with Gasteiger partial charge in [-0.05, 0) is 19.3 Å². The Morgan fingerprint density at radius 3 is 2.95 bits per heavy atom. The van der Waals surface area contributed by atoms with Crippen LogP contribution < -0.4 is 16.0 Å². The fourth-order valence-electron chi connectivity index (χ4n) is 2.58. The minimum absolute atomic E-state index is 0.562. The van der Waals surface area contributed by atoms with E-state index in [0.717, 1.165) is 44.7 Å². The van der Waals surface area contributed by atoms with E-state index in [1.807, 2.05) is 0 Å². The Kier molecular flexibility index (Phi) is 7.49. The van der Waals surface area contributed by atoms with Crippen molar-refractivity contribution in [3.05, 3.63) is 11.1 Å². The Bertz CT molecular complexity index is 451. The van der Waals surface area contributed by atoms with E-state index >= 15 is 0 Å². The molecule has 2 heterocycles. The molecule has 1 aliphatic rings. The zero-order valence-corrected chi connectivity index (χ0v) is 14.5. The van der Waals surface area contributed by atoms with E-state index in [2.05, 4.69) is 27.5 Å². The predicted molar refractivity (Wildman–Crippen MR) is 95.9 cm³/mol. The number of nitrogens with zero attached hydrogens (tertiary/aromatic N) is 3. The summed E-state index contributed by atoms with van der Waals surface area (Å²) in [6.45, 7) is 6.15. The molecule has 0 aliphatic carbocycles. The molecular weight excluding hydrogens is 294 g/mol. The second kappa shape index (κ2) is 9.66. The fraction of sp³-hybridized carbons (Fsp3) is 0.750. The van der Waals surface area contributed by atoms with Gasteiger partial charge in [0.05, 0.1) is 5.69 Å². The van der Waals surface area contributed by atoms with Crippen LogP contribution in [0.5, 0.6) is 0 Å². The van der Waals surface area contributed by atoms with E-state index in [0.29, 0.717) is 5.96 Å². The molecule has 1 fully saturated rings. The van der Waals surface area contributed by atoms with Crippen molar-refractivity contribution in [2.45, 2.75) is 51.9 Å². The van der Waals surface area contributed by atoms with Crippen LogP contribution in [0.4, 0.5) is 5.13 Å². The third-order valence-corrected chi connectivity index (χ3v) is 4.85. The molecular formula is C16H29N5S. The van der Waals surface area contributed by atoms with Crippen LogP contribution in [0.25, 0.3) is 0 Å². The normalized spacial score (nSPS) is 15.5. The lowest BCUT2D eigenvalue weighted by molar-refractivity contribution is 0.673. The number of nitrogens with one attached hydrogen (secondary N) is 1. The highest BCUT2D eigenvalue weighted by Crippen LogP contribution is 2.24. The van der Waals surface area contributed by atoms with Crippen molar-refractivity contribution in [2.24, 2.45) is 10.7 Å². The highest BCUT2D eigenvalue weighted by molar-refractivity contribution is 7.13. The van der Waals surface area contributed by atoms with E-state index in [4.69, 9.17) is 10.7 Å². The zero-order valence-electron chi connectivity index (χ0n) is 13.7. The van der Waals surface area contributed by atoms with Crippen molar-refractivity contribution in [1.29, 1.82) is 0 Å². The highest BCUT2D eigenvalue weighted by Gasteiger charge is 2.15. The van der Waals surface area contributed by atoms with Crippen LogP contribution in [0.3, 0.4) is 0 Å². The Balaban J connectivity index is 1.62. The first-order valence-electron chi connectivity index (χ1n) is 8.52. The summed E-state index contributed by atoms with van der Waals surface area (Å²) in [7, 11) is 0. The summed E-state index contributed by atoms with van der Waals surface area (Å²) in [6, 6.07) is 0. The Morgan fingerprint density at radius 1 is 1.36 bits per heavy atom. The van der Waals surface area contributed by atoms with Gasteiger partial charge in [0.15, 0.2) is 11.1 Å². The number of aliphatic imine (C=N–C) groups is 1. The number of nitrogens with two attached hydrogens (primary N) is 1. The summed E-state index contributed by atoms with van der Waals surface area (Å²) < 4.78 is 0. The highest BCUT2D eigenvalue weighted by atomic mass is 32.1. The first-order chi connectivity index (χ1) is 10.8. The average Bonchev–Trinajstić information content (AvgIpc) is 3.18. The fourth-order valence-corrected chi connectivity index (χ4v) is 3.49. The quantitative estimate of drug-likeness (QED) is 0.417. The van der Waals surface area contributed by atoms with Crippen LogP contribution in [-0.4, -0.2) is 37.1 Å². The average molecular weight is 324 g/mol. The van der Waals surface area contributed by atoms with Gasteiger partial charge in [-0.3, -0.25) is 4.99 Å². The molecule has 0 radical (unpaired) electrons. The topological polar surface area (TPSA) is 66.5 Å². The second-order valence-electron chi connectivity index (χ2n) is 5.82. The lowest BCUT2D eigenvalue weighted by atomic mass is 10.2. The monoisotopic (exact) mass is 323 g/mol. The number of hydrogen-bond donors (Lipinski definition) is 2. The van der Waals surface area contributed by atoms with Crippen molar-refractivity contribution in [2.75, 3.05) is 31.1 Å².